The zero-order chi connectivity index (χ0) is 28.5. The number of carbonyl (C=O) groups is 1. The molecule has 1 N–H and O–H groups in total. The fourth-order valence-electron chi connectivity index (χ4n) is 5.66. The molecular formula is C27H48F6O4SiTi. The van der Waals surface area contributed by atoms with Crippen LogP contribution in [0.4, 0.5) is 26.3 Å². The summed E-state index contributed by atoms with van der Waals surface area (Å²) in [5.41, 5.74) is -6.18. The van der Waals surface area contributed by atoms with Gasteiger partial charge in [-0.3, -0.25) is 4.79 Å². The van der Waals surface area contributed by atoms with Crippen molar-refractivity contribution in [1.82, 2.24) is 0 Å². The number of aliphatic hydroxyl groups is 1. The Hall–Kier alpha value is -0.0988. The summed E-state index contributed by atoms with van der Waals surface area (Å²) in [4.78, 5) is 12.5. The van der Waals surface area contributed by atoms with Gasteiger partial charge < -0.3 is 43.0 Å². The second-order valence-corrected chi connectivity index (χ2v) is 16.1. The van der Waals surface area contributed by atoms with Crippen LogP contribution in [0.15, 0.2) is 0 Å². The molecule has 2 saturated carbocycles. The molecule has 0 saturated heterocycles. The molecule has 2 aliphatic rings. The molecule has 0 radical (unpaired) electrons. The summed E-state index contributed by atoms with van der Waals surface area (Å²) in [5, 5.41) is 9.37. The molecular weight excluding hydrogens is 578 g/mol. The number of alkyl halides is 6. The molecule has 0 aromatic heterocycles. The van der Waals surface area contributed by atoms with E-state index >= 15 is 0 Å². The number of fused-ring (bicyclic) bond motifs is 2. The second-order valence-electron chi connectivity index (χ2n) is 11.9. The van der Waals surface area contributed by atoms with E-state index in [1.165, 1.54) is 0 Å². The first-order chi connectivity index (χ1) is 16.0. The minimum absolute atomic E-state index is 0. The summed E-state index contributed by atoms with van der Waals surface area (Å²) >= 11 is 0. The van der Waals surface area contributed by atoms with Crippen molar-refractivity contribution in [2.24, 2.45) is 23.7 Å². The Balaban J connectivity index is -0.00000253. The Morgan fingerprint density at radius 3 is 1.74 bits per heavy atom. The van der Waals surface area contributed by atoms with Crippen molar-refractivity contribution in [2.45, 2.75) is 115 Å². The van der Waals surface area contributed by atoms with Crippen molar-refractivity contribution in [2.75, 3.05) is 0 Å². The average molecular weight is 627 g/mol. The molecule has 5 atom stereocenters. The van der Waals surface area contributed by atoms with Crippen molar-refractivity contribution in [3.8, 4) is 0 Å². The number of carbonyl (C=O) groups excluding carboxylic acids is 1. The van der Waals surface area contributed by atoms with E-state index in [0.717, 1.165) is 6.42 Å². The van der Waals surface area contributed by atoms with Crippen molar-refractivity contribution in [3.63, 3.8) is 0 Å². The summed E-state index contributed by atoms with van der Waals surface area (Å²) in [6, 6.07) is 0.00787. The van der Waals surface area contributed by atoms with Crippen LogP contribution in [-0.4, -0.2) is 48.5 Å². The van der Waals surface area contributed by atoms with Gasteiger partial charge in [-0.15, -0.1) is 0 Å². The smallest absolute Gasteiger partial charge is 0.460 e. The van der Waals surface area contributed by atoms with Crippen LogP contribution in [0.3, 0.4) is 0 Å². The number of ether oxygens (including phenoxy) is 1. The molecule has 0 spiro atoms. The molecule has 230 valence electrons. The molecule has 0 aromatic carbocycles. The van der Waals surface area contributed by atoms with Gasteiger partial charge in [-0.05, 0) is 83.3 Å². The first-order valence-corrected chi connectivity index (χ1v) is 15.5. The van der Waals surface area contributed by atoms with Crippen molar-refractivity contribution >= 4 is 14.3 Å². The fraction of sp³-hybridized carbons (Fsp3) is 0.815. The number of hydrogen-bond donors (Lipinski definition) is 1. The summed E-state index contributed by atoms with van der Waals surface area (Å²) in [7, 11) is -2.72. The molecule has 12 heteroatoms. The van der Waals surface area contributed by atoms with E-state index in [4.69, 9.17) is 9.16 Å². The summed E-state index contributed by atoms with van der Waals surface area (Å²) in [6.07, 6.45) is -11.4. The average Bonchev–Trinajstić information content (AvgIpc) is 3.26. The third kappa shape index (κ3) is 10.9. The topological polar surface area (TPSA) is 55.8 Å². The second kappa shape index (κ2) is 14.9. The Kier molecular flexibility index (Phi) is 16.5. The van der Waals surface area contributed by atoms with E-state index in [-0.39, 0.29) is 72.3 Å². The van der Waals surface area contributed by atoms with Gasteiger partial charge in [0.05, 0.1) is 5.92 Å². The van der Waals surface area contributed by atoms with Gasteiger partial charge in [0.15, 0.2) is 8.32 Å². The summed E-state index contributed by atoms with van der Waals surface area (Å²) in [5.74, 6) is -0.0147. The summed E-state index contributed by atoms with van der Waals surface area (Å²) < 4.78 is 89.4. The zero-order valence-corrected chi connectivity index (χ0v) is 27.5. The van der Waals surface area contributed by atoms with Crippen LogP contribution < -0.4 is 0 Å². The predicted molar refractivity (Wildman–Crippen MR) is 141 cm³/mol. The number of hydrogen-bond acceptors (Lipinski definition) is 4. The van der Waals surface area contributed by atoms with E-state index < -0.39 is 50.3 Å². The molecule has 0 amide bonds. The van der Waals surface area contributed by atoms with Crippen molar-refractivity contribution < 1.29 is 67.1 Å². The van der Waals surface area contributed by atoms with Crippen LogP contribution in [0.25, 0.3) is 0 Å². The van der Waals surface area contributed by atoms with Crippen LogP contribution in [0.2, 0.25) is 19.1 Å². The molecule has 0 aliphatic heterocycles. The monoisotopic (exact) mass is 626 g/mol. The van der Waals surface area contributed by atoms with E-state index in [0.29, 0.717) is 12.8 Å². The Morgan fingerprint density at radius 2 is 1.38 bits per heavy atom. The van der Waals surface area contributed by atoms with Crippen molar-refractivity contribution in [1.29, 1.82) is 0 Å². The van der Waals surface area contributed by atoms with Gasteiger partial charge in [0.2, 0.25) is 0 Å². The normalized spacial score (nSPS) is 24.7. The van der Waals surface area contributed by atoms with Gasteiger partial charge in [0.1, 0.15) is 5.60 Å². The van der Waals surface area contributed by atoms with Gasteiger partial charge in [-0.1, -0.05) is 18.9 Å². The Morgan fingerprint density at radius 1 is 0.923 bits per heavy atom. The predicted octanol–water partition coefficient (Wildman–Crippen LogP) is 8.18. The number of esters is 1. The number of halogens is 6. The molecule has 2 aliphatic carbocycles. The molecule has 2 bridgehead atoms. The van der Waals surface area contributed by atoms with Gasteiger partial charge in [-0.2, -0.15) is 33.3 Å². The maximum Gasteiger partial charge on any atom is 4.00 e. The van der Waals surface area contributed by atoms with Gasteiger partial charge in [0.25, 0.3) is 5.60 Å². The molecule has 2 fully saturated rings. The molecule has 0 aromatic rings. The summed E-state index contributed by atoms with van der Waals surface area (Å²) in [6.45, 7) is 19.9. The van der Waals surface area contributed by atoms with E-state index in [9.17, 15) is 36.2 Å². The molecule has 0 heterocycles. The fourth-order valence-corrected chi connectivity index (χ4v) is 8.21. The molecule has 2 rings (SSSR count). The largest absolute Gasteiger partial charge is 4.00 e. The zero-order valence-electron chi connectivity index (χ0n) is 24.9. The SMILES string of the molecule is [CH2-]C.[CH2-]C(C)(O[Si](C)(C)CCCC(O)(C(F)(F)F)C(F)(F)F)C1CC2CC1CC2C(=O)OC(C)(C)C.[CH3-].[CH3-].[Ti+4]. The van der Waals surface area contributed by atoms with E-state index in [2.05, 4.69) is 13.8 Å². The van der Waals surface area contributed by atoms with Crippen LogP contribution in [0, 0.1) is 52.4 Å². The van der Waals surface area contributed by atoms with Crippen LogP contribution in [-0.2, 0) is 35.7 Å². The molecule has 5 unspecified atom stereocenters. The maximum atomic E-state index is 12.9. The van der Waals surface area contributed by atoms with Crippen LogP contribution in [0.5, 0.6) is 0 Å². The minimum atomic E-state index is -5.81. The van der Waals surface area contributed by atoms with E-state index in [1.807, 2.05) is 20.8 Å². The van der Waals surface area contributed by atoms with Gasteiger partial charge in [-0.25, -0.2) is 0 Å². The van der Waals surface area contributed by atoms with Crippen molar-refractivity contribution in [3.05, 3.63) is 28.7 Å². The Labute approximate surface area is 248 Å². The first kappa shape index (κ1) is 43.4. The standard InChI is InChI=1S/C23H37F6O4Si.C2H5.2CH3.Ti/c1-19(2,3)32-18(30)16-12-15-11-14(16)13-17(15)20(4,5)33-34(6,7)10-8-9-21(31,22(24,25)26)23(27,28)29;1-2;;;/h14-17,31H,4,8-13H2,1-3,5-7H3;1H2,2H3;2*1H3;/q4*-1;+4. The van der Waals surface area contributed by atoms with E-state index in [1.54, 1.807) is 26.9 Å². The minimum Gasteiger partial charge on any atom is -0.460 e. The third-order valence-corrected chi connectivity index (χ3v) is 9.69. The van der Waals surface area contributed by atoms with Crippen LogP contribution in [0.1, 0.15) is 66.7 Å². The molecule has 39 heavy (non-hydrogen) atoms. The third-order valence-electron chi connectivity index (χ3n) is 7.12. The van der Waals surface area contributed by atoms with Gasteiger partial charge >= 0.3 is 40.0 Å². The van der Waals surface area contributed by atoms with Gasteiger partial charge in [0, 0.05) is 0 Å². The first-order valence-electron chi connectivity index (χ1n) is 12.3. The maximum absolute atomic E-state index is 12.9. The van der Waals surface area contributed by atoms with Crippen LogP contribution >= 0.6 is 0 Å². The number of rotatable bonds is 8. The quantitative estimate of drug-likeness (QED) is 0.128. The Bertz CT molecular complexity index is 736. The molecule has 4 nitrogen and oxygen atoms in total.